The molecule has 2 rings (SSSR count). The van der Waals surface area contributed by atoms with Crippen LogP contribution >= 0.6 is 11.6 Å². The van der Waals surface area contributed by atoms with Crippen molar-refractivity contribution >= 4 is 29.3 Å². The van der Waals surface area contributed by atoms with Crippen LogP contribution in [0.5, 0.6) is 5.75 Å². The predicted molar refractivity (Wildman–Crippen MR) is 105 cm³/mol. The summed E-state index contributed by atoms with van der Waals surface area (Å²) < 4.78 is 48.2. The lowest BCUT2D eigenvalue weighted by Gasteiger charge is -2.10. The lowest BCUT2D eigenvalue weighted by molar-refractivity contribution is -0.137. The fraction of sp³-hybridized carbons (Fsp3) is 0.350. The molecule has 6 nitrogen and oxygen atoms in total. The van der Waals surface area contributed by atoms with Crippen molar-refractivity contribution in [3.05, 3.63) is 52.7 Å². The zero-order valence-corrected chi connectivity index (χ0v) is 16.8. The van der Waals surface area contributed by atoms with Crippen molar-refractivity contribution in [3.63, 3.8) is 0 Å². The lowest BCUT2D eigenvalue weighted by Crippen LogP contribution is -2.22. The molecule has 1 N–H and O–H groups in total. The number of benzene rings is 1. The first-order valence-electron chi connectivity index (χ1n) is 9.13. The number of aromatic nitrogens is 1. The summed E-state index contributed by atoms with van der Waals surface area (Å²) in [5.74, 6) is -1.19. The number of hydrogen-bond acceptors (Lipinski definition) is 5. The molecule has 2 aromatic rings. The number of nitrogens with zero attached hydrogens (tertiary/aromatic N) is 1. The maximum Gasteiger partial charge on any atom is 0.417 e. The summed E-state index contributed by atoms with van der Waals surface area (Å²) in [6.07, 6.45) is -0.972. The molecule has 162 valence electrons. The minimum Gasteiger partial charge on any atom is -0.494 e. The van der Waals surface area contributed by atoms with Gasteiger partial charge in [0.2, 0.25) is 0 Å². The molecule has 0 aliphatic heterocycles. The summed E-state index contributed by atoms with van der Waals surface area (Å²) in [4.78, 5) is 27.4. The van der Waals surface area contributed by atoms with E-state index in [4.69, 9.17) is 21.1 Å². The molecule has 0 saturated carbocycles. The Labute approximate surface area is 176 Å². The van der Waals surface area contributed by atoms with Crippen LogP contribution in [-0.2, 0) is 15.7 Å². The van der Waals surface area contributed by atoms with E-state index >= 15 is 0 Å². The number of pyridine rings is 1. The van der Waals surface area contributed by atoms with Crippen LogP contribution < -0.4 is 10.1 Å². The molecule has 1 aromatic carbocycles. The molecule has 0 saturated heterocycles. The maximum absolute atomic E-state index is 12.6. The van der Waals surface area contributed by atoms with Gasteiger partial charge in [0.05, 0.1) is 22.8 Å². The van der Waals surface area contributed by atoms with Gasteiger partial charge in [0, 0.05) is 6.20 Å². The minimum atomic E-state index is -4.61. The van der Waals surface area contributed by atoms with Crippen molar-refractivity contribution in [3.8, 4) is 5.75 Å². The number of alkyl halides is 3. The van der Waals surface area contributed by atoms with Crippen LogP contribution in [0.3, 0.4) is 0 Å². The molecule has 0 bridgehead atoms. The molecule has 0 atom stereocenters. The maximum atomic E-state index is 12.6. The molecule has 1 heterocycles. The van der Waals surface area contributed by atoms with Gasteiger partial charge in [0.15, 0.2) is 12.4 Å². The Kier molecular flexibility index (Phi) is 8.46. The van der Waals surface area contributed by atoms with Crippen LogP contribution in [0, 0.1) is 0 Å². The zero-order chi connectivity index (χ0) is 22.1. The summed E-state index contributed by atoms with van der Waals surface area (Å²) in [5, 5.41) is 1.80. The number of esters is 1. The average Bonchev–Trinajstić information content (AvgIpc) is 2.70. The molecule has 30 heavy (non-hydrogen) atoms. The van der Waals surface area contributed by atoms with Crippen LogP contribution in [0.1, 0.15) is 42.1 Å². The van der Waals surface area contributed by atoms with Crippen LogP contribution in [0.2, 0.25) is 5.02 Å². The molecule has 0 fully saturated rings. The standard InChI is InChI=1S/C20H20ClF3N2O4/c1-2-3-4-9-29-15-7-5-13(6-8-15)19(28)30-12-17(27)26-18-16(21)10-14(11-25-18)20(22,23)24/h5-8,10-11H,2-4,9,12H2,1H3,(H,25,26,27). The second-order valence-electron chi connectivity index (χ2n) is 6.26. The third kappa shape index (κ3) is 7.22. The second-order valence-corrected chi connectivity index (χ2v) is 6.66. The largest absolute Gasteiger partial charge is 0.494 e. The van der Waals surface area contributed by atoms with Crippen molar-refractivity contribution in [2.75, 3.05) is 18.5 Å². The number of halogens is 4. The van der Waals surface area contributed by atoms with E-state index in [-0.39, 0.29) is 16.4 Å². The highest BCUT2D eigenvalue weighted by molar-refractivity contribution is 6.33. The number of ether oxygens (including phenoxy) is 2. The van der Waals surface area contributed by atoms with Crippen molar-refractivity contribution in [1.82, 2.24) is 4.98 Å². The lowest BCUT2D eigenvalue weighted by atomic mass is 10.2. The SMILES string of the molecule is CCCCCOc1ccc(C(=O)OCC(=O)Nc2ncc(C(F)(F)F)cc2Cl)cc1. The monoisotopic (exact) mass is 444 g/mol. The van der Waals surface area contributed by atoms with Gasteiger partial charge in [-0.1, -0.05) is 31.4 Å². The normalized spacial score (nSPS) is 11.1. The Morgan fingerprint density at radius 1 is 1.17 bits per heavy atom. The van der Waals surface area contributed by atoms with Crippen molar-refractivity contribution in [1.29, 1.82) is 0 Å². The molecule has 10 heteroatoms. The third-order valence-corrected chi connectivity index (χ3v) is 4.16. The Morgan fingerprint density at radius 2 is 1.87 bits per heavy atom. The number of rotatable bonds is 9. The van der Waals surface area contributed by atoms with Gasteiger partial charge in [-0.25, -0.2) is 9.78 Å². The van der Waals surface area contributed by atoms with Crippen LogP contribution in [0.15, 0.2) is 36.5 Å². The van der Waals surface area contributed by atoms with Gasteiger partial charge in [-0.15, -0.1) is 0 Å². The summed E-state index contributed by atoms with van der Waals surface area (Å²) in [7, 11) is 0. The highest BCUT2D eigenvalue weighted by atomic mass is 35.5. The predicted octanol–water partition coefficient (Wildman–Crippen LogP) is 5.12. The van der Waals surface area contributed by atoms with E-state index in [1.165, 1.54) is 12.1 Å². The van der Waals surface area contributed by atoms with E-state index in [1.807, 2.05) is 0 Å². The third-order valence-electron chi connectivity index (χ3n) is 3.87. The summed E-state index contributed by atoms with van der Waals surface area (Å²) >= 11 is 5.71. The van der Waals surface area contributed by atoms with Gasteiger partial charge >= 0.3 is 12.1 Å². The first-order chi connectivity index (χ1) is 14.2. The van der Waals surface area contributed by atoms with Crippen LogP contribution in [0.25, 0.3) is 0 Å². The van der Waals surface area contributed by atoms with Gasteiger partial charge in [0.25, 0.3) is 5.91 Å². The number of anilines is 1. The molecule has 0 spiro atoms. The number of amides is 1. The molecule has 0 aliphatic carbocycles. The number of carbonyl (C=O) groups excluding carboxylic acids is 2. The van der Waals surface area contributed by atoms with E-state index < -0.39 is 30.2 Å². The summed E-state index contributed by atoms with van der Waals surface area (Å²) in [6.45, 7) is 2.01. The Bertz CT molecular complexity index is 873. The van der Waals surface area contributed by atoms with Gasteiger partial charge in [-0.05, 0) is 36.8 Å². The number of nitrogens with one attached hydrogen (secondary N) is 1. The quantitative estimate of drug-likeness (QED) is 0.429. The molecule has 0 radical (unpaired) electrons. The van der Waals surface area contributed by atoms with Gasteiger partial charge in [0.1, 0.15) is 5.75 Å². The molecular formula is C20H20ClF3N2O4. The van der Waals surface area contributed by atoms with Gasteiger partial charge in [-0.3, -0.25) is 4.79 Å². The number of unbranched alkanes of at least 4 members (excludes halogenated alkanes) is 2. The summed E-state index contributed by atoms with van der Waals surface area (Å²) in [5.41, 5.74) is -0.830. The van der Waals surface area contributed by atoms with Crippen LogP contribution in [0.4, 0.5) is 19.0 Å². The van der Waals surface area contributed by atoms with E-state index in [0.717, 1.165) is 19.3 Å². The van der Waals surface area contributed by atoms with Crippen molar-refractivity contribution in [2.45, 2.75) is 32.4 Å². The fourth-order valence-electron chi connectivity index (χ4n) is 2.30. The van der Waals surface area contributed by atoms with Gasteiger partial charge < -0.3 is 14.8 Å². The number of hydrogen-bond donors (Lipinski definition) is 1. The van der Waals surface area contributed by atoms with E-state index in [0.29, 0.717) is 24.6 Å². The second kappa shape index (κ2) is 10.8. The first kappa shape index (κ1) is 23.5. The van der Waals surface area contributed by atoms with Crippen molar-refractivity contribution < 1.29 is 32.2 Å². The Balaban J connectivity index is 1.83. The smallest absolute Gasteiger partial charge is 0.417 e. The zero-order valence-electron chi connectivity index (χ0n) is 16.1. The fourth-order valence-corrected chi connectivity index (χ4v) is 2.51. The van der Waals surface area contributed by atoms with Gasteiger partial charge in [-0.2, -0.15) is 13.2 Å². The summed E-state index contributed by atoms with van der Waals surface area (Å²) in [6, 6.07) is 6.89. The molecule has 0 unspecified atom stereocenters. The van der Waals surface area contributed by atoms with E-state index in [2.05, 4.69) is 17.2 Å². The topological polar surface area (TPSA) is 77.5 Å². The van der Waals surface area contributed by atoms with E-state index in [1.54, 1.807) is 12.1 Å². The van der Waals surface area contributed by atoms with E-state index in [9.17, 15) is 22.8 Å². The molecule has 1 amide bonds. The molecular weight excluding hydrogens is 425 g/mol. The first-order valence-corrected chi connectivity index (χ1v) is 9.51. The highest BCUT2D eigenvalue weighted by Gasteiger charge is 2.31. The Morgan fingerprint density at radius 3 is 2.47 bits per heavy atom. The molecule has 0 aliphatic rings. The highest BCUT2D eigenvalue weighted by Crippen LogP contribution is 2.32. The average molecular weight is 445 g/mol. The minimum absolute atomic E-state index is 0.217. The molecule has 1 aromatic heterocycles. The Hall–Kier alpha value is -2.81. The van der Waals surface area contributed by atoms with Crippen LogP contribution in [-0.4, -0.2) is 30.1 Å². The van der Waals surface area contributed by atoms with Crippen molar-refractivity contribution in [2.24, 2.45) is 0 Å². The number of carbonyl (C=O) groups is 2.